The van der Waals surface area contributed by atoms with Crippen molar-refractivity contribution in [3.05, 3.63) is 28.3 Å². The first-order valence-corrected chi connectivity index (χ1v) is 6.41. The van der Waals surface area contributed by atoms with E-state index < -0.39 is 4.92 Å². The summed E-state index contributed by atoms with van der Waals surface area (Å²) < 4.78 is 10.6. The topological polar surface area (TPSA) is 120 Å². The zero-order valence-corrected chi connectivity index (χ0v) is 11.6. The molecule has 0 aromatic heterocycles. The van der Waals surface area contributed by atoms with Crippen molar-refractivity contribution < 1.29 is 19.6 Å². The molecule has 0 spiro atoms. The Morgan fingerprint density at radius 3 is 2.81 bits per heavy atom. The molecule has 0 bridgehead atoms. The van der Waals surface area contributed by atoms with Crippen molar-refractivity contribution in [3.63, 3.8) is 0 Å². The van der Waals surface area contributed by atoms with Gasteiger partial charge in [-0.1, -0.05) is 5.16 Å². The number of nitro groups is 1. The van der Waals surface area contributed by atoms with Crippen LogP contribution in [0.3, 0.4) is 0 Å². The van der Waals surface area contributed by atoms with Crippen LogP contribution in [-0.4, -0.2) is 29.7 Å². The van der Waals surface area contributed by atoms with Gasteiger partial charge in [0.15, 0.2) is 0 Å². The van der Waals surface area contributed by atoms with E-state index in [-0.39, 0.29) is 29.3 Å². The summed E-state index contributed by atoms with van der Waals surface area (Å²) in [5, 5.41) is 22.6. The smallest absolute Gasteiger partial charge is 0.311 e. The molecule has 8 heteroatoms. The molecule has 0 unspecified atom stereocenters. The molecule has 0 atom stereocenters. The highest BCUT2D eigenvalue weighted by atomic mass is 16.6. The van der Waals surface area contributed by atoms with Gasteiger partial charge < -0.3 is 20.4 Å². The Balaban J connectivity index is 2.10. The van der Waals surface area contributed by atoms with Gasteiger partial charge in [-0.25, -0.2) is 0 Å². The highest BCUT2D eigenvalue weighted by Gasteiger charge is 2.44. The summed E-state index contributed by atoms with van der Waals surface area (Å²) in [4.78, 5) is 10.5. The van der Waals surface area contributed by atoms with Gasteiger partial charge in [0.25, 0.3) is 0 Å². The normalized spacial score (nSPS) is 16.3. The van der Waals surface area contributed by atoms with Crippen molar-refractivity contribution in [3.8, 4) is 11.5 Å². The van der Waals surface area contributed by atoms with Crippen molar-refractivity contribution in [1.29, 1.82) is 0 Å². The van der Waals surface area contributed by atoms with E-state index in [1.807, 2.05) is 0 Å². The quantitative estimate of drug-likeness (QED) is 0.260. The average Bonchev–Trinajstić information content (AvgIpc) is 3.24. The van der Waals surface area contributed by atoms with Crippen LogP contribution in [0.5, 0.6) is 11.5 Å². The molecule has 0 amide bonds. The maximum atomic E-state index is 11.0. The van der Waals surface area contributed by atoms with Crippen LogP contribution in [0.25, 0.3) is 0 Å². The number of hydrogen-bond donors (Lipinski definition) is 2. The van der Waals surface area contributed by atoms with Gasteiger partial charge in [-0.3, -0.25) is 10.1 Å². The molecule has 21 heavy (non-hydrogen) atoms. The zero-order valence-electron chi connectivity index (χ0n) is 11.6. The number of nitrogens with zero attached hydrogens (tertiary/aromatic N) is 2. The van der Waals surface area contributed by atoms with Crippen molar-refractivity contribution in [2.75, 3.05) is 13.7 Å². The predicted molar refractivity (Wildman–Crippen MR) is 74.8 cm³/mol. The second-order valence-corrected chi connectivity index (χ2v) is 5.15. The fourth-order valence-electron chi connectivity index (χ4n) is 2.09. The average molecular weight is 295 g/mol. The first kappa shape index (κ1) is 14.9. The third kappa shape index (κ3) is 3.53. The number of benzene rings is 1. The lowest BCUT2D eigenvalue weighted by Crippen LogP contribution is -2.22. The van der Waals surface area contributed by atoms with E-state index in [1.165, 1.54) is 25.3 Å². The third-order valence-corrected chi connectivity index (χ3v) is 3.54. The molecule has 8 nitrogen and oxygen atoms in total. The number of amidine groups is 1. The summed E-state index contributed by atoms with van der Waals surface area (Å²) in [6.45, 7) is 0.275. The number of nitrogens with two attached hydrogens (primary N) is 1. The highest BCUT2D eigenvalue weighted by molar-refractivity contribution is 5.80. The second-order valence-electron chi connectivity index (χ2n) is 5.15. The molecule has 0 saturated heterocycles. The maximum Gasteiger partial charge on any atom is 0.311 e. The van der Waals surface area contributed by atoms with E-state index in [9.17, 15) is 10.1 Å². The van der Waals surface area contributed by atoms with E-state index in [4.69, 9.17) is 20.4 Å². The largest absolute Gasteiger partial charge is 0.497 e. The monoisotopic (exact) mass is 295 g/mol. The van der Waals surface area contributed by atoms with Crippen LogP contribution in [0.4, 0.5) is 5.69 Å². The molecule has 0 heterocycles. The molecule has 1 aromatic rings. The summed E-state index contributed by atoms with van der Waals surface area (Å²) in [5.41, 5.74) is 5.19. The first-order valence-electron chi connectivity index (χ1n) is 6.41. The number of nitro benzene ring substituents is 1. The van der Waals surface area contributed by atoms with Crippen LogP contribution in [0, 0.1) is 15.5 Å². The van der Waals surface area contributed by atoms with Gasteiger partial charge in [-0.05, 0) is 18.9 Å². The van der Waals surface area contributed by atoms with Crippen LogP contribution >= 0.6 is 0 Å². The van der Waals surface area contributed by atoms with Gasteiger partial charge in [-0.15, -0.1) is 0 Å². The first-order chi connectivity index (χ1) is 9.99. The second kappa shape index (κ2) is 5.86. The van der Waals surface area contributed by atoms with Crippen molar-refractivity contribution >= 4 is 11.5 Å². The van der Waals surface area contributed by atoms with E-state index in [2.05, 4.69) is 5.16 Å². The van der Waals surface area contributed by atoms with Crippen molar-refractivity contribution in [1.82, 2.24) is 0 Å². The number of hydrogen-bond acceptors (Lipinski definition) is 6. The van der Waals surface area contributed by atoms with Gasteiger partial charge in [0.1, 0.15) is 11.6 Å². The molecule has 1 aromatic carbocycles. The van der Waals surface area contributed by atoms with Crippen LogP contribution in [0.15, 0.2) is 23.4 Å². The Bertz CT molecular complexity index is 569. The SMILES string of the molecule is COc1ccc([N+](=O)[O-])c(OCC2(C/C(N)=N/O)CC2)c1. The fourth-order valence-corrected chi connectivity index (χ4v) is 2.09. The molecular weight excluding hydrogens is 278 g/mol. The summed E-state index contributed by atoms with van der Waals surface area (Å²) in [7, 11) is 1.48. The molecule has 114 valence electrons. The summed E-state index contributed by atoms with van der Waals surface area (Å²) in [5.74, 6) is 0.776. The molecule has 2 rings (SSSR count). The van der Waals surface area contributed by atoms with Crippen molar-refractivity contribution in [2.45, 2.75) is 19.3 Å². The fraction of sp³-hybridized carbons (Fsp3) is 0.462. The molecule has 0 aliphatic heterocycles. The highest BCUT2D eigenvalue weighted by Crippen LogP contribution is 2.49. The lowest BCUT2D eigenvalue weighted by Gasteiger charge is -2.15. The standard InChI is InChI=1S/C13H17N3O5/c1-20-9-2-3-10(16(18)19)11(6-9)21-8-13(4-5-13)7-12(14)15-17/h2-3,6,17H,4-5,7-8H2,1H3,(H2,14,15). The number of methoxy groups -OCH3 is 1. The zero-order chi connectivity index (χ0) is 15.5. The Labute approximate surface area is 121 Å². The molecule has 1 saturated carbocycles. The minimum atomic E-state index is -0.502. The van der Waals surface area contributed by atoms with Gasteiger partial charge in [0.2, 0.25) is 5.75 Å². The van der Waals surface area contributed by atoms with Crippen LogP contribution in [0.2, 0.25) is 0 Å². The number of oxime groups is 1. The molecular formula is C13H17N3O5. The van der Waals surface area contributed by atoms with E-state index in [0.717, 1.165) is 12.8 Å². The molecule has 1 aliphatic carbocycles. The van der Waals surface area contributed by atoms with Crippen molar-refractivity contribution in [2.24, 2.45) is 16.3 Å². The minimum absolute atomic E-state index is 0.115. The Morgan fingerprint density at radius 1 is 1.57 bits per heavy atom. The van der Waals surface area contributed by atoms with Gasteiger partial charge >= 0.3 is 5.69 Å². The third-order valence-electron chi connectivity index (χ3n) is 3.54. The molecule has 3 N–H and O–H groups in total. The Morgan fingerprint density at radius 2 is 2.29 bits per heavy atom. The summed E-state index contributed by atoms with van der Waals surface area (Å²) in [6.07, 6.45) is 2.16. The number of ether oxygens (including phenoxy) is 2. The Hall–Kier alpha value is -2.51. The summed E-state index contributed by atoms with van der Waals surface area (Å²) >= 11 is 0. The molecule has 1 fully saturated rings. The maximum absolute atomic E-state index is 11.0. The number of rotatable bonds is 7. The van der Waals surface area contributed by atoms with Crippen LogP contribution in [-0.2, 0) is 0 Å². The predicted octanol–water partition coefficient (Wildman–Crippen LogP) is 1.90. The molecule has 1 aliphatic rings. The van der Waals surface area contributed by atoms with Gasteiger partial charge in [-0.2, -0.15) is 0 Å². The van der Waals surface area contributed by atoms with E-state index in [0.29, 0.717) is 12.2 Å². The van der Waals surface area contributed by atoms with E-state index >= 15 is 0 Å². The summed E-state index contributed by atoms with van der Waals surface area (Å²) in [6, 6.07) is 4.34. The van der Waals surface area contributed by atoms with Crippen LogP contribution < -0.4 is 15.2 Å². The Kier molecular flexibility index (Phi) is 4.15. The lowest BCUT2D eigenvalue weighted by molar-refractivity contribution is -0.385. The van der Waals surface area contributed by atoms with Crippen LogP contribution in [0.1, 0.15) is 19.3 Å². The van der Waals surface area contributed by atoms with Gasteiger partial charge in [0.05, 0.1) is 18.6 Å². The van der Waals surface area contributed by atoms with Gasteiger partial charge in [0, 0.05) is 24.0 Å². The van der Waals surface area contributed by atoms with E-state index in [1.54, 1.807) is 0 Å². The minimum Gasteiger partial charge on any atom is -0.497 e. The molecule has 0 radical (unpaired) electrons. The lowest BCUT2D eigenvalue weighted by atomic mass is 10.0.